The first kappa shape index (κ1) is 16.7. The summed E-state index contributed by atoms with van der Waals surface area (Å²) in [5.74, 6) is -0.428. The molecule has 1 aromatic carbocycles. The van der Waals surface area contributed by atoms with E-state index in [0.29, 0.717) is 6.54 Å². The third-order valence-corrected chi connectivity index (χ3v) is 3.24. The monoisotopic (exact) mass is 279 g/mol. The minimum Gasteiger partial charge on any atom is -0.469 e. The zero-order valence-electron chi connectivity index (χ0n) is 12.4. The summed E-state index contributed by atoms with van der Waals surface area (Å²) in [5.41, 5.74) is 0.992. The molecule has 0 fully saturated rings. The van der Waals surface area contributed by atoms with Gasteiger partial charge in [0.1, 0.15) is 0 Å². The SMILES string of the molecule is COCCCCCNCC(C(=O)OC)c1ccccc1. The molecule has 0 radical (unpaired) electrons. The second-order valence-corrected chi connectivity index (χ2v) is 4.74. The van der Waals surface area contributed by atoms with Gasteiger partial charge in [0, 0.05) is 20.3 Å². The maximum atomic E-state index is 11.8. The molecule has 4 heteroatoms. The van der Waals surface area contributed by atoms with Crippen molar-refractivity contribution < 1.29 is 14.3 Å². The average molecular weight is 279 g/mol. The normalized spacial score (nSPS) is 12.1. The number of benzene rings is 1. The van der Waals surface area contributed by atoms with Crippen molar-refractivity contribution in [3.05, 3.63) is 35.9 Å². The molecule has 1 aromatic rings. The van der Waals surface area contributed by atoms with E-state index in [1.54, 1.807) is 7.11 Å². The molecule has 0 aliphatic heterocycles. The Balaban J connectivity index is 2.34. The standard InChI is InChI=1S/C16H25NO3/c1-19-12-8-4-7-11-17-13-15(16(18)20-2)14-9-5-3-6-10-14/h3,5-6,9-10,15,17H,4,7-8,11-13H2,1-2H3. The quantitative estimate of drug-likeness (QED) is 0.527. The Morgan fingerprint density at radius 1 is 1.15 bits per heavy atom. The smallest absolute Gasteiger partial charge is 0.314 e. The van der Waals surface area contributed by atoms with Crippen LogP contribution in [0.15, 0.2) is 30.3 Å². The molecule has 1 rings (SSSR count). The van der Waals surface area contributed by atoms with Crippen LogP contribution in [-0.4, -0.2) is 39.9 Å². The van der Waals surface area contributed by atoms with E-state index in [-0.39, 0.29) is 11.9 Å². The highest BCUT2D eigenvalue weighted by atomic mass is 16.5. The summed E-state index contributed by atoms with van der Waals surface area (Å²) in [7, 11) is 3.15. The van der Waals surface area contributed by atoms with Crippen molar-refractivity contribution in [2.45, 2.75) is 25.2 Å². The molecule has 0 bridgehead atoms. The lowest BCUT2D eigenvalue weighted by Crippen LogP contribution is -2.28. The second kappa shape index (κ2) is 10.4. The third kappa shape index (κ3) is 6.17. The molecule has 0 heterocycles. The van der Waals surface area contributed by atoms with Crippen LogP contribution in [0.2, 0.25) is 0 Å². The van der Waals surface area contributed by atoms with Crippen molar-refractivity contribution in [1.82, 2.24) is 5.32 Å². The molecule has 20 heavy (non-hydrogen) atoms. The summed E-state index contributed by atoms with van der Waals surface area (Å²) < 4.78 is 9.89. The van der Waals surface area contributed by atoms with E-state index in [2.05, 4.69) is 5.32 Å². The number of ether oxygens (including phenoxy) is 2. The zero-order chi connectivity index (χ0) is 14.6. The van der Waals surface area contributed by atoms with Gasteiger partial charge in [0.15, 0.2) is 0 Å². The van der Waals surface area contributed by atoms with Gasteiger partial charge in [-0.15, -0.1) is 0 Å². The number of hydrogen-bond donors (Lipinski definition) is 1. The van der Waals surface area contributed by atoms with Crippen molar-refractivity contribution in [2.75, 3.05) is 33.9 Å². The number of hydrogen-bond acceptors (Lipinski definition) is 4. The van der Waals surface area contributed by atoms with Crippen LogP contribution in [0.4, 0.5) is 0 Å². The van der Waals surface area contributed by atoms with Crippen LogP contribution in [0.25, 0.3) is 0 Å². The van der Waals surface area contributed by atoms with Crippen molar-refractivity contribution in [1.29, 1.82) is 0 Å². The fourth-order valence-electron chi connectivity index (χ4n) is 2.08. The van der Waals surface area contributed by atoms with E-state index in [0.717, 1.165) is 38.0 Å². The van der Waals surface area contributed by atoms with E-state index in [1.165, 1.54) is 7.11 Å². The molecule has 1 unspecified atom stereocenters. The molecule has 4 nitrogen and oxygen atoms in total. The van der Waals surface area contributed by atoms with Crippen LogP contribution in [0.5, 0.6) is 0 Å². The molecule has 0 aliphatic rings. The Morgan fingerprint density at radius 2 is 1.90 bits per heavy atom. The summed E-state index contributed by atoms with van der Waals surface area (Å²) in [6, 6.07) is 9.75. The molecule has 0 spiro atoms. The van der Waals surface area contributed by atoms with Crippen molar-refractivity contribution in [3.63, 3.8) is 0 Å². The maximum Gasteiger partial charge on any atom is 0.314 e. The van der Waals surface area contributed by atoms with Gasteiger partial charge in [-0.25, -0.2) is 0 Å². The Bertz CT molecular complexity index is 367. The van der Waals surface area contributed by atoms with Gasteiger partial charge in [-0.2, -0.15) is 0 Å². The highest BCUT2D eigenvalue weighted by Gasteiger charge is 2.20. The van der Waals surface area contributed by atoms with Crippen LogP contribution in [0, 0.1) is 0 Å². The summed E-state index contributed by atoms with van der Waals surface area (Å²) in [5, 5.41) is 3.33. The summed E-state index contributed by atoms with van der Waals surface area (Å²) in [6.45, 7) is 2.33. The van der Waals surface area contributed by atoms with E-state index in [4.69, 9.17) is 9.47 Å². The van der Waals surface area contributed by atoms with E-state index in [1.807, 2.05) is 30.3 Å². The minimum atomic E-state index is -0.236. The minimum absolute atomic E-state index is 0.192. The molecule has 0 saturated carbocycles. The predicted molar refractivity (Wildman–Crippen MR) is 79.8 cm³/mol. The van der Waals surface area contributed by atoms with Gasteiger partial charge in [0.25, 0.3) is 0 Å². The van der Waals surface area contributed by atoms with Gasteiger partial charge in [-0.1, -0.05) is 30.3 Å². The summed E-state index contributed by atoms with van der Waals surface area (Å²) >= 11 is 0. The molecular formula is C16H25NO3. The van der Waals surface area contributed by atoms with Gasteiger partial charge >= 0.3 is 5.97 Å². The number of nitrogens with one attached hydrogen (secondary N) is 1. The zero-order valence-corrected chi connectivity index (χ0v) is 12.4. The molecule has 1 atom stereocenters. The van der Waals surface area contributed by atoms with Crippen LogP contribution in [0.3, 0.4) is 0 Å². The van der Waals surface area contributed by atoms with Gasteiger partial charge in [0.05, 0.1) is 13.0 Å². The number of esters is 1. The number of carbonyl (C=O) groups is 1. The molecule has 0 aromatic heterocycles. The van der Waals surface area contributed by atoms with Gasteiger partial charge < -0.3 is 14.8 Å². The highest BCUT2D eigenvalue weighted by molar-refractivity contribution is 5.78. The van der Waals surface area contributed by atoms with Crippen molar-refractivity contribution in [2.24, 2.45) is 0 Å². The Hall–Kier alpha value is -1.39. The predicted octanol–water partition coefficient (Wildman–Crippen LogP) is 2.35. The fourth-order valence-corrected chi connectivity index (χ4v) is 2.08. The molecule has 1 N–H and O–H groups in total. The largest absolute Gasteiger partial charge is 0.469 e. The van der Waals surface area contributed by atoms with Gasteiger partial charge in [0.2, 0.25) is 0 Å². The Morgan fingerprint density at radius 3 is 2.55 bits per heavy atom. The first-order valence-corrected chi connectivity index (χ1v) is 7.12. The molecule has 0 aliphatic carbocycles. The molecule has 112 valence electrons. The number of rotatable bonds is 10. The highest BCUT2D eigenvalue weighted by Crippen LogP contribution is 2.16. The number of unbranched alkanes of at least 4 members (excludes halogenated alkanes) is 2. The van der Waals surface area contributed by atoms with Gasteiger partial charge in [-0.05, 0) is 31.4 Å². The summed E-state index contributed by atoms with van der Waals surface area (Å²) in [6.07, 6.45) is 3.30. The summed E-state index contributed by atoms with van der Waals surface area (Å²) in [4.78, 5) is 11.8. The molecule has 0 saturated heterocycles. The topological polar surface area (TPSA) is 47.6 Å². The lowest BCUT2D eigenvalue weighted by Gasteiger charge is -2.15. The van der Waals surface area contributed by atoms with Crippen LogP contribution in [-0.2, 0) is 14.3 Å². The lowest BCUT2D eigenvalue weighted by atomic mass is 9.99. The Labute approximate surface area is 121 Å². The number of carbonyl (C=O) groups excluding carboxylic acids is 1. The average Bonchev–Trinajstić information content (AvgIpc) is 2.50. The van der Waals surface area contributed by atoms with Gasteiger partial charge in [-0.3, -0.25) is 4.79 Å². The molecule has 0 amide bonds. The van der Waals surface area contributed by atoms with Crippen LogP contribution in [0.1, 0.15) is 30.7 Å². The first-order chi connectivity index (χ1) is 9.79. The molecular weight excluding hydrogens is 254 g/mol. The second-order valence-electron chi connectivity index (χ2n) is 4.74. The van der Waals surface area contributed by atoms with E-state index < -0.39 is 0 Å². The first-order valence-electron chi connectivity index (χ1n) is 7.12. The van der Waals surface area contributed by atoms with Crippen LogP contribution >= 0.6 is 0 Å². The maximum absolute atomic E-state index is 11.8. The van der Waals surface area contributed by atoms with Crippen molar-refractivity contribution >= 4 is 5.97 Å². The lowest BCUT2D eigenvalue weighted by molar-refractivity contribution is -0.142. The van der Waals surface area contributed by atoms with E-state index >= 15 is 0 Å². The third-order valence-electron chi connectivity index (χ3n) is 3.24. The van der Waals surface area contributed by atoms with E-state index in [9.17, 15) is 4.79 Å². The fraction of sp³-hybridized carbons (Fsp3) is 0.562. The van der Waals surface area contributed by atoms with Crippen LogP contribution < -0.4 is 5.32 Å². The van der Waals surface area contributed by atoms with Crippen molar-refractivity contribution in [3.8, 4) is 0 Å². The Kier molecular flexibility index (Phi) is 8.67. The number of methoxy groups -OCH3 is 2.